The van der Waals surface area contributed by atoms with Gasteiger partial charge in [0, 0.05) is 6.54 Å². The van der Waals surface area contributed by atoms with Gasteiger partial charge in [-0.3, -0.25) is 4.90 Å². The van der Waals surface area contributed by atoms with Crippen molar-refractivity contribution in [1.82, 2.24) is 4.90 Å². The van der Waals surface area contributed by atoms with Crippen LogP contribution in [0.15, 0.2) is 24.3 Å². The highest BCUT2D eigenvalue weighted by atomic mass is 16.6. The van der Waals surface area contributed by atoms with Crippen LogP contribution in [0.2, 0.25) is 0 Å². The van der Waals surface area contributed by atoms with Gasteiger partial charge in [0.05, 0.1) is 14.2 Å². The van der Waals surface area contributed by atoms with Crippen LogP contribution in [0.3, 0.4) is 0 Å². The summed E-state index contributed by atoms with van der Waals surface area (Å²) in [5, 5.41) is 0. The van der Waals surface area contributed by atoms with Gasteiger partial charge in [0.2, 0.25) is 0 Å². The van der Waals surface area contributed by atoms with Gasteiger partial charge in [-0.05, 0) is 30.5 Å². The molecular weight excluding hydrogens is 274 g/mol. The first-order valence-corrected chi connectivity index (χ1v) is 6.61. The van der Waals surface area contributed by atoms with Crippen molar-refractivity contribution in [3.05, 3.63) is 36.2 Å². The zero-order valence-corrected chi connectivity index (χ0v) is 12.1. The number of benzene rings is 1. The van der Waals surface area contributed by atoms with Crippen molar-refractivity contribution in [2.75, 3.05) is 20.8 Å². The SMILES string of the molecule is COC(=O)[C@H]1C[CH]CN1C(=O)OCc1ccc(OC)cc1. The van der Waals surface area contributed by atoms with Crippen molar-refractivity contribution in [3.8, 4) is 5.75 Å². The first kappa shape index (κ1) is 15.2. The Labute approximate surface area is 123 Å². The molecule has 0 unspecified atom stereocenters. The lowest BCUT2D eigenvalue weighted by Gasteiger charge is -2.21. The number of rotatable bonds is 4. The lowest BCUT2D eigenvalue weighted by atomic mass is 10.2. The highest BCUT2D eigenvalue weighted by molar-refractivity contribution is 5.82. The molecule has 6 nitrogen and oxygen atoms in total. The summed E-state index contributed by atoms with van der Waals surface area (Å²) in [6.45, 7) is 0.536. The largest absolute Gasteiger partial charge is 0.497 e. The van der Waals surface area contributed by atoms with Crippen LogP contribution in [0.4, 0.5) is 4.79 Å². The zero-order valence-electron chi connectivity index (χ0n) is 12.1. The summed E-state index contributed by atoms with van der Waals surface area (Å²) < 4.78 is 15.0. The molecule has 1 atom stereocenters. The minimum atomic E-state index is -0.585. The third-order valence-corrected chi connectivity index (χ3v) is 3.32. The minimum Gasteiger partial charge on any atom is -0.497 e. The molecule has 1 heterocycles. The lowest BCUT2D eigenvalue weighted by Crippen LogP contribution is -2.41. The van der Waals surface area contributed by atoms with E-state index in [-0.39, 0.29) is 6.61 Å². The number of hydrogen-bond donors (Lipinski definition) is 0. The van der Waals surface area contributed by atoms with Gasteiger partial charge in [-0.25, -0.2) is 9.59 Å². The van der Waals surface area contributed by atoms with Crippen molar-refractivity contribution in [3.63, 3.8) is 0 Å². The van der Waals surface area contributed by atoms with Crippen molar-refractivity contribution in [2.24, 2.45) is 0 Å². The van der Waals surface area contributed by atoms with Crippen LogP contribution in [0.5, 0.6) is 5.75 Å². The van der Waals surface area contributed by atoms with Gasteiger partial charge < -0.3 is 14.2 Å². The van der Waals surface area contributed by atoms with E-state index in [1.54, 1.807) is 19.2 Å². The average Bonchev–Trinajstić information content (AvgIpc) is 3.02. The third kappa shape index (κ3) is 3.65. The van der Waals surface area contributed by atoms with E-state index in [4.69, 9.17) is 9.47 Å². The Bertz CT molecular complexity index is 499. The Morgan fingerprint density at radius 2 is 1.95 bits per heavy atom. The predicted molar refractivity (Wildman–Crippen MR) is 74.6 cm³/mol. The molecule has 1 radical (unpaired) electrons. The summed E-state index contributed by atoms with van der Waals surface area (Å²) >= 11 is 0. The Kier molecular flexibility index (Phi) is 5.03. The van der Waals surface area contributed by atoms with Crippen molar-refractivity contribution in [2.45, 2.75) is 19.1 Å². The molecule has 1 saturated heterocycles. The molecule has 21 heavy (non-hydrogen) atoms. The van der Waals surface area contributed by atoms with Crippen molar-refractivity contribution >= 4 is 12.1 Å². The Hall–Kier alpha value is -2.24. The van der Waals surface area contributed by atoms with Crippen molar-refractivity contribution in [1.29, 1.82) is 0 Å². The zero-order chi connectivity index (χ0) is 15.2. The number of carbonyl (C=O) groups is 2. The van der Waals surface area contributed by atoms with Gasteiger partial charge in [-0.15, -0.1) is 0 Å². The van der Waals surface area contributed by atoms with E-state index in [2.05, 4.69) is 4.74 Å². The van der Waals surface area contributed by atoms with Gasteiger partial charge in [0.25, 0.3) is 0 Å². The van der Waals surface area contributed by atoms with Gasteiger partial charge in [0.1, 0.15) is 18.4 Å². The maximum atomic E-state index is 12.0. The second kappa shape index (κ2) is 6.97. The maximum absolute atomic E-state index is 12.0. The fourth-order valence-electron chi connectivity index (χ4n) is 2.14. The molecule has 1 aromatic rings. The van der Waals surface area contributed by atoms with E-state index in [0.29, 0.717) is 13.0 Å². The molecular formula is C15H18NO5. The molecule has 0 aliphatic carbocycles. The van der Waals surface area contributed by atoms with Crippen LogP contribution < -0.4 is 4.74 Å². The number of likely N-dealkylation sites (tertiary alicyclic amines) is 1. The number of esters is 1. The molecule has 0 N–H and O–H groups in total. The molecule has 113 valence electrons. The van der Waals surface area contributed by atoms with E-state index in [9.17, 15) is 9.59 Å². The van der Waals surface area contributed by atoms with Crippen LogP contribution in [0, 0.1) is 6.42 Å². The monoisotopic (exact) mass is 292 g/mol. The summed E-state index contributed by atoms with van der Waals surface area (Å²) in [5.74, 6) is 0.315. The van der Waals surface area contributed by atoms with Gasteiger partial charge in [-0.2, -0.15) is 0 Å². The fraction of sp³-hybridized carbons (Fsp3) is 0.400. The molecule has 0 aromatic heterocycles. The number of methoxy groups -OCH3 is 2. The Balaban J connectivity index is 1.90. The predicted octanol–water partition coefficient (Wildman–Crippen LogP) is 1.78. The number of hydrogen-bond acceptors (Lipinski definition) is 5. The standard InChI is InChI=1S/C15H18NO5/c1-19-12-7-5-11(6-8-12)10-21-15(18)16-9-3-4-13(16)14(17)20-2/h3,5-8,13H,4,9-10H2,1-2H3/t13-/m1/s1. The summed E-state index contributed by atoms with van der Waals surface area (Å²) in [6, 6.07) is 6.65. The topological polar surface area (TPSA) is 65.1 Å². The molecule has 2 rings (SSSR count). The number of carbonyl (C=O) groups excluding carboxylic acids is 2. The number of ether oxygens (including phenoxy) is 3. The summed E-state index contributed by atoms with van der Waals surface area (Å²) in [5.41, 5.74) is 0.849. The quantitative estimate of drug-likeness (QED) is 0.791. The van der Waals surface area contributed by atoms with Crippen molar-refractivity contribution < 1.29 is 23.8 Å². The van der Waals surface area contributed by atoms with E-state index in [1.165, 1.54) is 12.0 Å². The Morgan fingerprint density at radius 3 is 2.57 bits per heavy atom. The average molecular weight is 292 g/mol. The molecule has 1 aromatic carbocycles. The van der Waals surface area contributed by atoms with Gasteiger partial charge in [-0.1, -0.05) is 12.1 Å². The second-order valence-corrected chi connectivity index (χ2v) is 4.62. The molecule has 0 spiro atoms. The second-order valence-electron chi connectivity index (χ2n) is 4.62. The first-order chi connectivity index (χ1) is 10.2. The fourth-order valence-corrected chi connectivity index (χ4v) is 2.14. The van der Waals surface area contributed by atoms with E-state index in [1.807, 2.05) is 18.6 Å². The summed E-state index contributed by atoms with van der Waals surface area (Å²) in [4.78, 5) is 25.0. The molecule has 0 saturated carbocycles. The molecule has 1 aliphatic heterocycles. The number of nitrogens with zero attached hydrogens (tertiary/aromatic N) is 1. The van der Waals surface area contributed by atoms with Crippen LogP contribution in [-0.4, -0.2) is 43.8 Å². The first-order valence-electron chi connectivity index (χ1n) is 6.61. The van der Waals surface area contributed by atoms with Crippen LogP contribution >= 0.6 is 0 Å². The van der Waals surface area contributed by atoms with Crippen LogP contribution in [0.1, 0.15) is 12.0 Å². The molecule has 0 bridgehead atoms. The summed E-state index contributed by atoms with van der Waals surface area (Å²) in [7, 11) is 2.90. The van der Waals surface area contributed by atoms with E-state index >= 15 is 0 Å². The van der Waals surface area contributed by atoms with Crippen LogP contribution in [0.25, 0.3) is 0 Å². The number of amides is 1. The normalized spacial score (nSPS) is 17.4. The van der Waals surface area contributed by atoms with E-state index < -0.39 is 18.1 Å². The highest BCUT2D eigenvalue weighted by Crippen LogP contribution is 2.19. The third-order valence-electron chi connectivity index (χ3n) is 3.32. The minimum absolute atomic E-state index is 0.146. The van der Waals surface area contributed by atoms with E-state index in [0.717, 1.165) is 11.3 Å². The molecule has 1 fully saturated rings. The van der Waals surface area contributed by atoms with Gasteiger partial charge >= 0.3 is 12.1 Å². The smallest absolute Gasteiger partial charge is 0.410 e. The van der Waals surface area contributed by atoms with Crippen LogP contribution in [-0.2, 0) is 20.9 Å². The lowest BCUT2D eigenvalue weighted by molar-refractivity contribution is -0.145. The highest BCUT2D eigenvalue weighted by Gasteiger charge is 2.35. The Morgan fingerprint density at radius 1 is 1.24 bits per heavy atom. The molecule has 1 aliphatic rings. The summed E-state index contributed by atoms with van der Waals surface area (Å²) in [6.07, 6.45) is 1.83. The molecule has 1 amide bonds. The molecule has 6 heteroatoms. The van der Waals surface area contributed by atoms with Gasteiger partial charge in [0.15, 0.2) is 0 Å². The maximum Gasteiger partial charge on any atom is 0.410 e.